The van der Waals surface area contributed by atoms with Gasteiger partial charge in [-0.2, -0.15) is 0 Å². The molecule has 1 aliphatic heterocycles. The third-order valence-corrected chi connectivity index (χ3v) is 3.97. The van der Waals surface area contributed by atoms with E-state index in [0.29, 0.717) is 0 Å². The fourth-order valence-corrected chi connectivity index (χ4v) is 2.36. The summed E-state index contributed by atoms with van der Waals surface area (Å²) in [4.78, 5) is 0. The van der Waals surface area contributed by atoms with Crippen molar-refractivity contribution in [3.8, 4) is 0 Å². The SMILES string of the molecule is CC1CCCCN(I)C(C)C1. The molecule has 1 aliphatic rings. The topological polar surface area (TPSA) is 3.24 Å². The van der Waals surface area contributed by atoms with Gasteiger partial charge in [0.25, 0.3) is 0 Å². The van der Waals surface area contributed by atoms with Crippen LogP contribution in [0, 0.1) is 5.92 Å². The molecule has 1 saturated heterocycles. The molecule has 0 aliphatic carbocycles. The van der Waals surface area contributed by atoms with E-state index < -0.39 is 0 Å². The minimum atomic E-state index is 0.783. The Balaban J connectivity index is 2.38. The molecule has 0 aromatic carbocycles. The average molecular weight is 267 g/mol. The van der Waals surface area contributed by atoms with Crippen LogP contribution in [0.1, 0.15) is 39.5 Å². The lowest BCUT2D eigenvalue weighted by atomic mass is 9.95. The van der Waals surface area contributed by atoms with Crippen molar-refractivity contribution < 1.29 is 0 Å². The van der Waals surface area contributed by atoms with Crippen molar-refractivity contribution in [1.29, 1.82) is 0 Å². The average Bonchev–Trinajstić information content (AvgIpc) is 1.95. The first-order valence-corrected chi connectivity index (χ1v) is 5.59. The summed E-state index contributed by atoms with van der Waals surface area (Å²) in [5.74, 6) is 0.933. The quantitative estimate of drug-likeness (QED) is 0.481. The van der Waals surface area contributed by atoms with Crippen molar-refractivity contribution in [1.82, 2.24) is 3.11 Å². The fourth-order valence-electron chi connectivity index (χ4n) is 1.79. The van der Waals surface area contributed by atoms with Gasteiger partial charge in [-0.15, -0.1) is 0 Å². The number of hydrogen-bond acceptors (Lipinski definition) is 1. The van der Waals surface area contributed by atoms with Crippen LogP contribution in [0.4, 0.5) is 0 Å². The predicted molar refractivity (Wildman–Crippen MR) is 57.8 cm³/mol. The summed E-state index contributed by atoms with van der Waals surface area (Å²) in [6, 6.07) is 0.783. The molecular weight excluding hydrogens is 249 g/mol. The summed E-state index contributed by atoms with van der Waals surface area (Å²) in [5.41, 5.74) is 0. The monoisotopic (exact) mass is 267 g/mol. The summed E-state index contributed by atoms with van der Waals surface area (Å²) in [5, 5.41) is 0. The second-order valence-electron chi connectivity index (χ2n) is 3.81. The van der Waals surface area contributed by atoms with E-state index in [-0.39, 0.29) is 0 Å². The van der Waals surface area contributed by atoms with Crippen molar-refractivity contribution >= 4 is 22.9 Å². The molecular formula is C9H18IN. The van der Waals surface area contributed by atoms with Gasteiger partial charge in [0, 0.05) is 35.5 Å². The van der Waals surface area contributed by atoms with Gasteiger partial charge in [-0.05, 0) is 25.7 Å². The molecule has 0 aromatic rings. The summed E-state index contributed by atoms with van der Waals surface area (Å²) in [6.45, 7) is 6.01. The smallest absolute Gasteiger partial charge is 0.0204 e. The molecule has 66 valence electrons. The Hall–Kier alpha value is 0.690. The van der Waals surface area contributed by atoms with E-state index in [2.05, 4.69) is 39.8 Å². The molecule has 0 bridgehead atoms. The maximum absolute atomic E-state index is 2.47. The maximum Gasteiger partial charge on any atom is 0.0204 e. The van der Waals surface area contributed by atoms with Crippen molar-refractivity contribution in [2.45, 2.75) is 45.6 Å². The molecule has 0 amide bonds. The van der Waals surface area contributed by atoms with Gasteiger partial charge >= 0.3 is 0 Å². The van der Waals surface area contributed by atoms with Crippen LogP contribution in [-0.2, 0) is 0 Å². The summed E-state index contributed by atoms with van der Waals surface area (Å²) in [6.07, 6.45) is 5.63. The van der Waals surface area contributed by atoms with Gasteiger partial charge < -0.3 is 0 Å². The van der Waals surface area contributed by atoms with Crippen molar-refractivity contribution in [2.24, 2.45) is 5.92 Å². The van der Waals surface area contributed by atoms with E-state index in [9.17, 15) is 0 Å². The highest BCUT2D eigenvalue weighted by Gasteiger charge is 2.16. The zero-order chi connectivity index (χ0) is 8.27. The van der Waals surface area contributed by atoms with Crippen LogP contribution in [-0.4, -0.2) is 15.7 Å². The van der Waals surface area contributed by atoms with Gasteiger partial charge in [0.15, 0.2) is 0 Å². The van der Waals surface area contributed by atoms with E-state index >= 15 is 0 Å². The first-order chi connectivity index (χ1) is 5.20. The standard InChI is InChI=1S/C9H18IN/c1-8-5-3-4-6-11(10)9(2)7-8/h8-9H,3-7H2,1-2H3. The molecule has 1 heterocycles. The molecule has 0 saturated carbocycles. The molecule has 1 nitrogen and oxygen atoms in total. The summed E-state index contributed by atoms with van der Waals surface area (Å²) >= 11 is 2.47. The Kier molecular flexibility index (Phi) is 4.13. The highest BCUT2D eigenvalue weighted by atomic mass is 127. The van der Waals surface area contributed by atoms with Crippen LogP contribution < -0.4 is 0 Å². The van der Waals surface area contributed by atoms with E-state index in [1.54, 1.807) is 0 Å². The van der Waals surface area contributed by atoms with Gasteiger partial charge in [0.1, 0.15) is 0 Å². The van der Waals surface area contributed by atoms with Crippen LogP contribution in [0.5, 0.6) is 0 Å². The Bertz CT molecular complexity index is 116. The van der Waals surface area contributed by atoms with Gasteiger partial charge in [0.2, 0.25) is 0 Å². The van der Waals surface area contributed by atoms with Gasteiger partial charge in [-0.3, -0.25) is 0 Å². The van der Waals surface area contributed by atoms with Crippen molar-refractivity contribution in [2.75, 3.05) is 6.54 Å². The largest absolute Gasteiger partial charge is 0.245 e. The van der Waals surface area contributed by atoms with Gasteiger partial charge in [-0.25, -0.2) is 3.11 Å². The summed E-state index contributed by atoms with van der Waals surface area (Å²) < 4.78 is 2.47. The van der Waals surface area contributed by atoms with Crippen molar-refractivity contribution in [3.63, 3.8) is 0 Å². The Morgan fingerprint density at radius 2 is 2.00 bits per heavy atom. The molecule has 2 unspecified atom stereocenters. The maximum atomic E-state index is 2.47. The molecule has 2 atom stereocenters. The number of nitrogens with zero attached hydrogens (tertiary/aromatic N) is 1. The Morgan fingerprint density at radius 1 is 1.27 bits per heavy atom. The van der Waals surface area contributed by atoms with E-state index in [1.165, 1.54) is 32.2 Å². The molecule has 0 spiro atoms. The molecule has 0 N–H and O–H groups in total. The molecule has 1 rings (SSSR count). The van der Waals surface area contributed by atoms with Crippen LogP contribution in [0.2, 0.25) is 0 Å². The van der Waals surface area contributed by atoms with E-state index in [0.717, 1.165) is 12.0 Å². The van der Waals surface area contributed by atoms with Crippen LogP contribution in [0.3, 0.4) is 0 Å². The lowest BCUT2D eigenvalue weighted by Gasteiger charge is -2.28. The molecule has 0 aromatic heterocycles. The zero-order valence-corrected chi connectivity index (χ0v) is 9.67. The summed E-state index contributed by atoms with van der Waals surface area (Å²) in [7, 11) is 0. The van der Waals surface area contributed by atoms with Gasteiger partial charge in [0.05, 0.1) is 0 Å². The minimum Gasteiger partial charge on any atom is -0.245 e. The number of hydrogen-bond donors (Lipinski definition) is 0. The Labute approximate surface area is 84.0 Å². The number of halogens is 1. The third-order valence-electron chi connectivity index (χ3n) is 2.54. The fraction of sp³-hybridized carbons (Fsp3) is 1.00. The first-order valence-electron chi connectivity index (χ1n) is 4.62. The highest BCUT2D eigenvalue weighted by Crippen LogP contribution is 2.23. The second-order valence-corrected chi connectivity index (χ2v) is 5.05. The van der Waals surface area contributed by atoms with Gasteiger partial charge in [-0.1, -0.05) is 19.8 Å². The lowest BCUT2D eigenvalue weighted by Crippen LogP contribution is -2.28. The normalized spacial score (nSPS) is 36.3. The molecule has 11 heavy (non-hydrogen) atoms. The molecule has 2 heteroatoms. The van der Waals surface area contributed by atoms with Crippen molar-refractivity contribution in [3.05, 3.63) is 0 Å². The minimum absolute atomic E-state index is 0.783. The van der Waals surface area contributed by atoms with Crippen LogP contribution >= 0.6 is 22.9 Å². The van der Waals surface area contributed by atoms with E-state index in [4.69, 9.17) is 0 Å². The second kappa shape index (κ2) is 4.65. The first kappa shape index (κ1) is 9.78. The Morgan fingerprint density at radius 3 is 2.73 bits per heavy atom. The van der Waals surface area contributed by atoms with E-state index in [1.807, 2.05) is 0 Å². The predicted octanol–water partition coefficient (Wildman–Crippen LogP) is 3.24. The number of rotatable bonds is 0. The third kappa shape index (κ3) is 3.28. The van der Waals surface area contributed by atoms with Crippen LogP contribution in [0.25, 0.3) is 0 Å². The molecule has 1 fully saturated rings. The highest BCUT2D eigenvalue weighted by molar-refractivity contribution is 14.1. The lowest BCUT2D eigenvalue weighted by molar-refractivity contribution is 0.289. The molecule has 0 radical (unpaired) electrons. The zero-order valence-electron chi connectivity index (χ0n) is 7.52. The van der Waals surface area contributed by atoms with Crippen LogP contribution in [0.15, 0.2) is 0 Å².